The van der Waals surface area contributed by atoms with Gasteiger partial charge in [-0.05, 0) is 13.3 Å². The molecule has 0 aliphatic carbocycles. The van der Waals surface area contributed by atoms with Gasteiger partial charge in [-0.25, -0.2) is 0 Å². The van der Waals surface area contributed by atoms with Crippen molar-refractivity contribution in [2.45, 2.75) is 25.8 Å². The summed E-state index contributed by atoms with van der Waals surface area (Å²) in [5, 5.41) is 0. The predicted octanol–water partition coefficient (Wildman–Crippen LogP) is -0.148. The number of hydrogen-bond acceptors (Lipinski definition) is 3. The highest BCUT2D eigenvalue weighted by molar-refractivity contribution is 7.86. The van der Waals surface area contributed by atoms with Gasteiger partial charge in [-0.15, -0.1) is 0 Å². The molecule has 1 unspecified atom stereocenters. The van der Waals surface area contributed by atoms with Crippen LogP contribution < -0.4 is 5.73 Å². The van der Waals surface area contributed by atoms with Gasteiger partial charge in [0.05, 0.1) is 0 Å². The van der Waals surface area contributed by atoms with Gasteiger partial charge in [0, 0.05) is 33.2 Å². The van der Waals surface area contributed by atoms with Crippen molar-refractivity contribution in [3.63, 3.8) is 0 Å². The van der Waals surface area contributed by atoms with Crippen molar-refractivity contribution in [1.82, 2.24) is 8.61 Å². The minimum atomic E-state index is -3.37. The molecular formula is C8H21N3O2S. The summed E-state index contributed by atoms with van der Waals surface area (Å²) in [5.74, 6) is 0. The molecule has 6 heteroatoms. The first-order valence-electron chi connectivity index (χ1n) is 4.59. The fourth-order valence-corrected chi connectivity index (χ4v) is 2.27. The van der Waals surface area contributed by atoms with Crippen LogP contribution in [0.2, 0.25) is 0 Å². The number of nitrogens with two attached hydrogens (primary N) is 1. The summed E-state index contributed by atoms with van der Waals surface area (Å²) in [5.41, 5.74) is 5.08. The Morgan fingerprint density at radius 1 is 1.29 bits per heavy atom. The molecule has 0 heterocycles. The molecule has 1 atom stereocenters. The van der Waals surface area contributed by atoms with Crippen LogP contribution in [-0.2, 0) is 10.2 Å². The van der Waals surface area contributed by atoms with E-state index in [1.54, 1.807) is 7.05 Å². The third-order valence-electron chi connectivity index (χ3n) is 2.77. The number of hydrogen-bond donors (Lipinski definition) is 1. The average molecular weight is 223 g/mol. The first-order chi connectivity index (χ1) is 6.22. The van der Waals surface area contributed by atoms with Crippen LogP contribution in [0.5, 0.6) is 0 Å². The van der Waals surface area contributed by atoms with Gasteiger partial charge in [0.25, 0.3) is 10.2 Å². The Kier molecular flexibility index (Phi) is 4.51. The molecule has 0 rings (SSSR count). The number of nitrogens with zero attached hydrogens (tertiary/aromatic N) is 2. The van der Waals surface area contributed by atoms with Crippen molar-refractivity contribution in [2.24, 2.45) is 5.73 Å². The first kappa shape index (κ1) is 13.8. The van der Waals surface area contributed by atoms with E-state index in [2.05, 4.69) is 0 Å². The highest BCUT2D eigenvalue weighted by Crippen LogP contribution is 2.20. The van der Waals surface area contributed by atoms with Gasteiger partial charge >= 0.3 is 0 Å². The molecule has 0 bridgehead atoms. The summed E-state index contributed by atoms with van der Waals surface area (Å²) >= 11 is 0. The Labute approximate surface area is 87.0 Å². The molecular weight excluding hydrogens is 202 g/mol. The molecule has 14 heavy (non-hydrogen) atoms. The lowest BCUT2D eigenvalue weighted by Crippen LogP contribution is -2.54. The zero-order valence-corrected chi connectivity index (χ0v) is 10.4. The molecule has 0 aromatic heterocycles. The van der Waals surface area contributed by atoms with Crippen LogP contribution in [0, 0.1) is 0 Å². The van der Waals surface area contributed by atoms with Crippen LogP contribution in [0.4, 0.5) is 0 Å². The summed E-state index contributed by atoms with van der Waals surface area (Å²) in [7, 11) is 1.21. The van der Waals surface area contributed by atoms with Gasteiger partial charge in [0.2, 0.25) is 0 Å². The monoisotopic (exact) mass is 223 g/mol. The third kappa shape index (κ3) is 2.44. The zero-order valence-electron chi connectivity index (χ0n) is 9.61. The highest BCUT2D eigenvalue weighted by atomic mass is 32.2. The van der Waals surface area contributed by atoms with Crippen molar-refractivity contribution < 1.29 is 8.42 Å². The lowest BCUT2D eigenvalue weighted by atomic mass is 10.00. The van der Waals surface area contributed by atoms with Gasteiger partial charge in [-0.2, -0.15) is 17.0 Å². The fraction of sp³-hybridized carbons (Fsp3) is 1.00. The summed E-state index contributed by atoms with van der Waals surface area (Å²) in [6.45, 7) is 4.08. The van der Waals surface area contributed by atoms with E-state index in [0.717, 1.165) is 0 Å². The molecule has 0 aliphatic heterocycles. The Morgan fingerprint density at radius 3 is 1.93 bits per heavy atom. The largest absolute Gasteiger partial charge is 0.329 e. The number of rotatable bonds is 5. The SMILES string of the molecule is CCC(C)(CN)N(C)S(=O)(=O)N(C)C. The smallest absolute Gasteiger partial charge is 0.281 e. The Balaban J connectivity index is 5.04. The van der Waals surface area contributed by atoms with E-state index in [4.69, 9.17) is 5.73 Å². The van der Waals surface area contributed by atoms with Crippen LogP contribution in [0.25, 0.3) is 0 Å². The van der Waals surface area contributed by atoms with E-state index in [9.17, 15) is 8.42 Å². The normalized spacial score (nSPS) is 17.4. The fourth-order valence-electron chi connectivity index (χ4n) is 1.02. The molecule has 0 saturated heterocycles. The van der Waals surface area contributed by atoms with E-state index in [1.807, 2.05) is 13.8 Å². The van der Waals surface area contributed by atoms with Crippen molar-refractivity contribution >= 4 is 10.2 Å². The Morgan fingerprint density at radius 2 is 1.71 bits per heavy atom. The molecule has 0 amide bonds. The summed E-state index contributed by atoms with van der Waals surface area (Å²) < 4.78 is 26.1. The van der Waals surface area contributed by atoms with Crippen LogP contribution >= 0.6 is 0 Å². The maximum absolute atomic E-state index is 11.8. The molecule has 2 N–H and O–H groups in total. The highest BCUT2D eigenvalue weighted by Gasteiger charge is 2.35. The van der Waals surface area contributed by atoms with Crippen molar-refractivity contribution in [1.29, 1.82) is 0 Å². The Hall–Kier alpha value is -0.170. The standard InChI is InChI=1S/C8H21N3O2S/c1-6-8(2,7-9)11(5)14(12,13)10(3)4/h6-7,9H2,1-5H3. The third-order valence-corrected chi connectivity index (χ3v) is 4.82. The quantitative estimate of drug-likeness (QED) is 0.705. The van der Waals surface area contributed by atoms with E-state index in [0.29, 0.717) is 13.0 Å². The minimum absolute atomic E-state index is 0.313. The molecule has 5 nitrogen and oxygen atoms in total. The van der Waals surface area contributed by atoms with Gasteiger partial charge in [-0.3, -0.25) is 0 Å². The van der Waals surface area contributed by atoms with Crippen molar-refractivity contribution in [3.8, 4) is 0 Å². The molecule has 0 aliphatic rings. The first-order valence-corrected chi connectivity index (χ1v) is 5.98. The predicted molar refractivity (Wildman–Crippen MR) is 58.1 cm³/mol. The van der Waals surface area contributed by atoms with Gasteiger partial charge < -0.3 is 5.73 Å². The summed E-state index contributed by atoms with van der Waals surface area (Å²) in [4.78, 5) is 0. The molecule has 0 spiro atoms. The van der Waals surface area contributed by atoms with E-state index >= 15 is 0 Å². The zero-order chi connectivity index (χ0) is 11.6. The van der Waals surface area contributed by atoms with Crippen molar-refractivity contribution in [3.05, 3.63) is 0 Å². The molecule has 0 fully saturated rings. The molecule has 0 aromatic carbocycles. The van der Waals surface area contributed by atoms with Crippen LogP contribution in [0.3, 0.4) is 0 Å². The topological polar surface area (TPSA) is 66.6 Å². The van der Waals surface area contributed by atoms with Crippen LogP contribution in [0.15, 0.2) is 0 Å². The second kappa shape index (κ2) is 4.57. The van der Waals surface area contributed by atoms with Gasteiger partial charge in [0.1, 0.15) is 0 Å². The molecule has 0 saturated carbocycles. The van der Waals surface area contributed by atoms with Crippen LogP contribution in [-0.4, -0.2) is 50.3 Å². The van der Waals surface area contributed by atoms with Gasteiger partial charge in [-0.1, -0.05) is 6.92 Å². The number of likely N-dealkylation sites (N-methyl/N-ethyl adjacent to an activating group) is 1. The lowest BCUT2D eigenvalue weighted by molar-refractivity contribution is 0.229. The average Bonchev–Trinajstić information content (AvgIpc) is 2.15. The Bertz CT molecular complexity index is 270. The maximum Gasteiger partial charge on any atom is 0.281 e. The van der Waals surface area contributed by atoms with E-state index in [1.165, 1.54) is 22.7 Å². The minimum Gasteiger partial charge on any atom is -0.329 e. The van der Waals surface area contributed by atoms with E-state index in [-0.39, 0.29) is 0 Å². The van der Waals surface area contributed by atoms with E-state index < -0.39 is 15.7 Å². The molecule has 0 aromatic rings. The molecule has 0 radical (unpaired) electrons. The van der Waals surface area contributed by atoms with Crippen molar-refractivity contribution in [2.75, 3.05) is 27.7 Å². The summed E-state index contributed by atoms with van der Waals surface area (Å²) in [6.07, 6.45) is 0.688. The van der Waals surface area contributed by atoms with Gasteiger partial charge in [0.15, 0.2) is 0 Å². The summed E-state index contributed by atoms with van der Waals surface area (Å²) in [6, 6.07) is 0. The maximum atomic E-state index is 11.8. The molecule has 86 valence electrons. The second-order valence-electron chi connectivity index (χ2n) is 3.81. The lowest BCUT2D eigenvalue weighted by Gasteiger charge is -2.37. The second-order valence-corrected chi connectivity index (χ2v) is 5.99. The van der Waals surface area contributed by atoms with Crippen LogP contribution in [0.1, 0.15) is 20.3 Å².